The molecule has 14 heavy (non-hydrogen) atoms. The number of rotatable bonds is 4. The number of allylic oxidation sites excluding steroid dienone is 2. The van der Waals surface area contributed by atoms with E-state index >= 15 is 0 Å². The molecule has 0 heterocycles. The average molecular weight is 192 g/mol. The second kappa shape index (κ2) is 4.82. The van der Waals surface area contributed by atoms with E-state index in [4.69, 9.17) is 0 Å². The van der Waals surface area contributed by atoms with Crippen LogP contribution in [0.25, 0.3) is 0 Å². The molecule has 0 amide bonds. The largest absolute Gasteiger partial charge is 0.100 e. The van der Waals surface area contributed by atoms with E-state index in [-0.39, 0.29) is 0 Å². The van der Waals surface area contributed by atoms with Gasteiger partial charge in [0, 0.05) is 0 Å². The fourth-order valence-corrected chi connectivity index (χ4v) is 3.00. The minimum absolute atomic E-state index is 0.524. The number of hydrogen-bond acceptors (Lipinski definition) is 0. The van der Waals surface area contributed by atoms with E-state index < -0.39 is 0 Å². The first-order valence-corrected chi connectivity index (χ1v) is 5.83. The summed E-state index contributed by atoms with van der Waals surface area (Å²) in [6, 6.07) is 0. The molecule has 0 bridgehead atoms. The smallest absolute Gasteiger partial charge is 0.0224 e. The molecule has 0 nitrogen and oxygen atoms in total. The van der Waals surface area contributed by atoms with Crippen molar-refractivity contribution in [3.05, 3.63) is 24.3 Å². The molecule has 0 unspecified atom stereocenters. The first-order valence-electron chi connectivity index (χ1n) is 5.83. The lowest BCUT2D eigenvalue weighted by Crippen LogP contribution is -2.24. The maximum atomic E-state index is 4.07. The van der Waals surface area contributed by atoms with Gasteiger partial charge in [0.25, 0.3) is 0 Å². The molecule has 0 N–H and O–H groups in total. The third kappa shape index (κ3) is 3.32. The molecule has 0 heteroatoms. The van der Waals surface area contributed by atoms with Gasteiger partial charge in [-0.1, -0.05) is 30.4 Å². The predicted molar refractivity (Wildman–Crippen MR) is 64.4 cm³/mol. The average Bonchev–Trinajstić information content (AvgIpc) is 2.01. The Kier molecular flexibility index (Phi) is 3.97. The summed E-state index contributed by atoms with van der Waals surface area (Å²) in [5.74, 6) is 0. The Morgan fingerprint density at radius 2 is 1.36 bits per heavy atom. The van der Waals surface area contributed by atoms with Crippen LogP contribution in [0.5, 0.6) is 0 Å². The Bertz CT molecular complexity index is 198. The highest BCUT2D eigenvalue weighted by Gasteiger charge is 2.31. The summed E-state index contributed by atoms with van der Waals surface area (Å²) in [5.41, 5.74) is 3.21. The third-order valence-corrected chi connectivity index (χ3v) is 3.27. The van der Waals surface area contributed by atoms with Gasteiger partial charge < -0.3 is 0 Å². The molecule has 0 radical (unpaired) electrons. The van der Waals surface area contributed by atoms with Gasteiger partial charge in [-0.05, 0) is 44.9 Å². The van der Waals surface area contributed by atoms with Gasteiger partial charge in [0.2, 0.25) is 0 Å². The summed E-state index contributed by atoms with van der Waals surface area (Å²) in [4.78, 5) is 0. The minimum Gasteiger partial charge on any atom is -0.100 e. The second-order valence-electron chi connectivity index (χ2n) is 5.33. The second-order valence-corrected chi connectivity index (χ2v) is 5.33. The fraction of sp³-hybridized carbons (Fsp3) is 0.714. The van der Waals surface area contributed by atoms with Crippen molar-refractivity contribution in [3.63, 3.8) is 0 Å². The minimum atomic E-state index is 0.524. The maximum absolute atomic E-state index is 4.07. The molecule has 0 aromatic rings. The van der Waals surface area contributed by atoms with E-state index in [1.54, 1.807) is 0 Å². The molecule has 1 saturated carbocycles. The molecule has 80 valence electrons. The molecule has 0 spiro atoms. The van der Waals surface area contributed by atoms with Gasteiger partial charge in [0.05, 0.1) is 0 Å². The highest BCUT2D eigenvalue weighted by Crippen LogP contribution is 2.45. The van der Waals surface area contributed by atoms with Crippen LogP contribution in [0, 0.1) is 5.41 Å². The van der Waals surface area contributed by atoms with Crippen LogP contribution in [-0.2, 0) is 0 Å². The molecular formula is C14H24. The zero-order valence-electron chi connectivity index (χ0n) is 9.86. The topological polar surface area (TPSA) is 0 Å². The van der Waals surface area contributed by atoms with E-state index in [1.807, 2.05) is 0 Å². The van der Waals surface area contributed by atoms with Crippen LogP contribution >= 0.6 is 0 Å². The summed E-state index contributed by atoms with van der Waals surface area (Å²) in [7, 11) is 0. The Morgan fingerprint density at radius 1 is 0.929 bits per heavy atom. The van der Waals surface area contributed by atoms with Crippen LogP contribution in [-0.4, -0.2) is 0 Å². The van der Waals surface area contributed by atoms with Crippen molar-refractivity contribution in [1.29, 1.82) is 0 Å². The lowest BCUT2D eigenvalue weighted by molar-refractivity contribution is 0.186. The molecule has 0 aromatic carbocycles. The summed E-state index contributed by atoms with van der Waals surface area (Å²) in [6.07, 6.45) is 9.41. The maximum Gasteiger partial charge on any atom is -0.0224 e. The molecule has 1 aliphatic rings. The standard InChI is InChI=1S/C14H24/c1-12(2)10-14(11-13(3)4)8-6-5-7-9-14/h1,3,5-11H2,2,4H3. The zero-order valence-corrected chi connectivity index (χ0v) is 9.86. The first-order chi connectivity index (χ1) is 6.54. The fourth-order valence-electron chi connectivity index (χ4n) is 3.00. The Labute approximate surface area is 89.1 Å². The van der Waals surface area contributed by atoms with Gasteiger partial charge >= 0.3 is 0 Å². The quantitative estimate of drug-likeness (QED) is 0.557. The van der Waals surface area contributed by atoms with E-state index in [9.17, 15) is 0 Å². The lowest BCUT2D eigenvalue weighted by atomic mass is 9.67. The summed E-state index contributed by atoms with van der Waals surface area (Å²) < 4.78 is 0. The molecule has 1 rings (SSSR count). The summed E-state index contributed by atoms with van der Waals surface area (Å²) in [6.45, 7) is 12.5. The van der Waals surface area contributed by atoms with Crippen molar-refractivity contribution in [3.8, 4) is 0 Å². The van der Waals surface area contributed by atoms with Crippen LogP contribution in [0.4, 0.5) is 0 Å². The Hall–Kier alpha value is -0.520. The van der Waals surface area contributed by atoms with Gasteiger partial charge in [0.15, 0.2) is 0 Å². The molecule has 0 aromatic heterocycles. The summed E-state index contributed by atoms with van der Waals surface area (Å²) >= 11 is 0. The van der Waals surface area contributed by atoms with Crippen LogP contribution in [0.1, 0.15) is 58.8 Å². The molecule has 0 aliphatic heterocycles. The van der Waals surface area contributed by atoms with Crippen molar-refractivity contribution in [1.82, 2.24) is 0 Å². The van der Waals surface area contributed by atoms with Crippen molar-refractivity contribution < 1.29 is 0 Å². The van der Waals surface area contributed by atoms with Gasteiger partial charge in [0.1, 0.15) is 0 Å². The number of hydrogen-bond donors (Lipinski definition) is 0. The molecule has 1 aliphatic carbocycles. The highest BCUT2D eigenvalue weighted by molar-refractivity contribution is 5.04. The Morgan fingerprint density at radius 3 is 1.71 bits per heavy atom. The lowest BCUT2D eigenvalue weighted by Gasteiger charge is -2.38. The van der Waals surface area contributed by atoms with E-state index in [0.29, 0.717) is 5.41 Å². The van der Waals surface area contributed by atoms with Gasteiger partial charge in [-0.25, -0.2) is 0 Å². The summed E-state index contributed by atoms with van der Waals surface area (Å²) in [5, 5.41) is 0. The normalized spacial score (nSPS) is 20.4. The third-order valence-electron chi connectivity index (χ3n) is 3.27. The zero-order chi connectivity index (χ0) is 10.6. The Balaban J connectivity index is 2.66. The van der Waals surface area contributed by atoms with Crippen LogP contribution in [0.3, 0.4) is 0 Å². The van der Waals surface area contributed by atoms with Gasteiger partial charge in [-0.2, -0.15) is 0 Å². The van der Waals surface area contributed by atoms with E-state index in [2.05, 4.69) is 27.0 Å². The van der Waals surface area contributed by atoms with E-state index in [0.717, 1.165) is 0 Å². The van der Waals surface area contributed by atoms with Crippen molar-refractivity contribution >= 4 is 0 Å². The van der Waals surface area contributed by atoms with E-state index in [1.165, 1.54) is 56.1 Å². The SMILES string of the molecule is C=C(C)CC1(CC(=C)C)CCCCC1. The van der Waals surface area contributed by atoms with Crippen LogP contribution in [0.2, 0.25) is 0 Å². The molecule has 0 atom stereocenters. The first kappa shape index (κ1) is 11.6. The highest BCUT2D eigenvalue weighted by atomic mass is 14.4. The van der Waals surface area contributed by atoms with Crippen molar-refractivity contribution in [2.45, 2.75) is 58.8 Å². The van der Waals surface area contributed by atoms with Crippen molar-refractivity contribution in [2.24, 2.45) is 5.41 Å². The predicted octanol–water partition coefficient (Wildman–Crippen LogP) is 4.87. The molecule has 1 fully saturated rings. The van der Waals surface area contributed by atoms with Gasteiger partial charge in [-0.15, -0.1) is 13.2 Å². The molecular weight excluding hydrogens is 168 g/mol. The van der Waals surface area contributed by atoms with Crippen LogP contribution in [0.15, 0.2) is 24.3 Å². The molecule has 0 saturated heterocycles. The van der Waals surface area contributed by atoms with Crippen LogP contribution < -0.4 is 0 Å². The van der Waals surface area contributed by atoms with Gasteiger partial charge in [-0.3, -0.25) is 0 Å². The van der Waals surface area contributed by atoms with Crippen molar-refractivity contribution in [2.75, 3.05) is 0 Å². The monoisotopic (exact) mass is 192 g/mol.